The number of fused-ring (bicyclic) bond motifs is 4. The molecule has 0 bridgehead atoms. The first-order valence-electron chi connectivity index (χ1n) is 25.8. The van der Waals surface area contributed by atoms with Crippen LogP contribution in [-0.4, -0.2) is 29.1 Å². The van der Waals surface area contributed by atoms with E-state index in [1.165, 1.54) is 0 Å². The maximum absolute atomic E-state index is 9.36. The molecule has 0 atom stereocenters. The topological polar surface area (TPSA) is 70.5 Å². The SMILES string of the molecule is [2H]c1nc(Oc2[c-]c3c(cc2)c2c([2H])c([2H])c([2H])c([2H])c2n3-c2cc(C(C)(C)C)ccn2)[c-]c(N2[CH-]N(c3c(/C4=C/C=C\N/C=C\C=C/[B]4)cc(C(C)(C)C)cc3/C3=C/C=C\N/C=C\C=C/[B]3)c3ccccc32)c1[2H].[Pt]. The number of hydrogen-bond acceptors (Lipinski definition) is 7. The van der Waals surface area contributed by atoms with Gasteiger partial charge in [0.1, 0.15) is 11.7 Å². The average Bonchev–Trinajstić information content (AvgIpc) is 4.11. The Labute approximate surface area is 436 Å². The van der Waals surface area contributed by atoms with Crippen molar-refractivity contribution >= 4 is 70.1 Å². The van der Waals surface area contributed by atoms with Crippen molar-refractivity contribution in [1.82, 2.24) is 25.2 Å². The summed E-state index contributed by atoms with van der Waals surface area (Å²) >= 11 is 0. The van der Waals surface area contributed by atoms with Crippen LogP contribution < -0.4 is 25.2 Å². The van der Waals surface area contributed by atoms with Gasteiger partial charge >= 0.3 is 0 Å². The summed E-state index contributed by atoms with van der Waals surface area (Å²) < 4.78 is 61.9. The molecule has 348 valence electrons. The second kappa shape index (κ2) is 20.4. The van der Waals surface area contributed by atoms with Gasteiger partial charge in [-0.15, -0.1) is 36.1 Å². The van der Waals surface area contributed by atoms with Crippen LogP contribution in [-0.2, 0) is 31.9 Å². The Morgan fingerprint density at radius 2 is 1.31 bits per heavy atom. The normalized spacial score (nSPS) is 20.2. The predicted octanol–water partition coefficient (Wildman–Crippen LogP) is 13.3. The first-order chi connectivity index (χ1) is 36.0. The molecule has 70 heavy (non-hydrogen) atoms. The fourth-order valence-corrected chi connectivity index (χ4v) is 8.38. The summed E-state index contributed by atoms with van der Waals surface area (Å²) in [6.07, 6.45) is 24.9. The molecule has 7 aromatic rings. The monoisotopic (exact) mass is 1100 g/mol. The number of aromatic nitrogens is 3. The van der Waals surface area contributed by atoms with E-state index >= 15 is 0 Å². The number of nitrogens with one attached hydrogen (secondary N) is 2. The number of nitrogens with zero attached hydrogens (tertiary/aromatic N) is 5. The summed E-state index contributed by atoms with van der Waals surface area (Å²) in [7, 11) is 4.21. The number of rotatable bonds is 7. The standard InChI is InChI=1S/C59H52B2N7O.Pt/c1-58(2,3)41-25-33-64-55(37-41)68-51-20-8-7-17-45(51)46-24-23-44(39-54(46)68)69-56-38-43(26-34-65-56)66-40-67(53-22-10-9-21-52(53)66)57-47(49-18-15-31-62-29-13-11-27-60-49)35-42(59(4,5)6)36-48(57)50-19-16-32-63-30-14-12-28-61-50;/h7-37,40,62-63H,1-6H3;/q-3;/b27-11-,28-12-,29-13-,30-14-,31-15-,32-16-,49-18-,50-19-;/i7D,8D,17D,20D,26D,34D;. The summed E-state index contributed by atoms with van der Waals surface area (Å²) in [5.74, 6) is 4.57. The van der Waals surface area contributed by atoms with Crippen LogP contribution in [0.3, 0.4) is 0 Å². The molecule has 0 unspecified atom stereocenters. The molecule has 3 aromatic heterocycles. The van der Waals surface area contributed by atoms with E-state index in [9.17, 15) is 1.37 Å². The van der Waals surface area contributed by atoms with E-state index < -0.39 is 0 Å². The first kappa shape index (κ1) is 40.6. The molecule has 11 heteroatoms. The van der Waals surface area contributed by atoms with Gasteiger partial charge in [-0.25, -0.2) is 4.98 Å². The molecule has 0 saturated carbocycles. The quantitative estimate of drug-likeness (QED) is 0.122. The van der Waals surface area contributed by atoms with Crippen molar-refractivity contribution < 1.29 is 34.0 Å². The van der Waals surface area contributed by atoms with Crippen molar-refractivity contribution in [2.75, 3.05) is 9.80 Å². The predicted molar refractivity (Wildman–Crippen MR) is 288 cm³/mol. The number of anilines is 4. The summed E-state index contributed by atoms with van der Waals surface area (Å²) in [6, 6.07) is 25.0. The van der Waals surface area contributed by atoms with Gasteiger partial charge in [0.15, 0.2) is 14.6 Å². The third kappa shape index (κ3) is 9.92. The van der Waals surface area contributed by atoms with Gasteiger partial charge in [0.05, 0.1) is 6.85 Å². The molecule has 6 heterocycles. The fraction of sp³-hybridized carbons (Fsp3) is 0.136. The molecule has 3 aliphatic rings. The smallest absolute Gasteiger partial charge is 0.182 e. The molecule has 10 rings (SSSR count). The Morgan fingerprint density at radius 1 is 0.671 bits per heavy atom. The van der Waals surface area contributed by atoms with Crippen molar-refractivity contribution in [2.24, 2.45) is 0 Å². The Hall–Kier alpha value is -7.28. The zero-order chi connectivity index (χ0) is 52.8. The van der Waals surface area contributed by atoms with E-state index in [0.29, 0.717) is 22.1 Å². The largest absolute Gasteiger partial charge is 0.503 e. The van der Waals surface area contributed by atoms with Crippen LogP contribution in [0, 0.1) is 18.8 Å². The minimum absolute atomic E-state index is 0. The zero-order valence-corrected chi connectivity index (χ0v) is 41.9. The molecule has 0 fully saturated rings. The molecule has 4 aromatic carbocycles. The number of para-hydroxylation sites is 3. The van der Waals surface area contributed by atoms with Gasteiger partial charge in [0, 0.05) is 80.4 Å². The van der Waals surface area contributed by atoms with Gasteiger partial charge in [-0.2, -0.15) is 23.9 Å². The second-order valence-corrected chi connectivity index (χ2v) is 18.7. The maximum atomic E-state index is 9.36. The Morgan fingerprint density at radius 3 is 1.99 bits per heavy atom. The summed E-state index contributed by atoms with van der Waals surface area (Å²) in [6.45, 7) is 14.8. The van der Waals surface area contributed by atoms with Crippen molar-refractivity contribution in [3.63, 3.8) is 0 Å². The number of benzene rings is 4. The van der Waals surface area contributed by atoms with Crippen LogP contribution >= 0.6 is 0 Å². The molecule has 0 saturated heterocycles. The van der Waals surface area contributed by atoms with Crippen LogP contribution in [0.2, 0.25) is 0 Å². The Bertz CT molecular complexity index is 3630. The molecule has 0 amide bonds. The fourth-order valence-electron chi connectivity index (χ4n) is 8.38. The van der Waals surface area contributed by atoms with E-state index in [1.807, 2.05) is 121 Å². The van der Waals surface area contributed by atoms with Gasteiger partial charge in [0.25, 0.3) is 0 Å². The summed E-state index contributed by atoms with van der Waals surface area (Å²) in [5, 5.41) is 7.25. The number of hydrogen-bond donors (Lipinski definition) is 2. The maximum Gasteiger partial charge on any atom is 0.182 e. The molecular weight excluding hydrogens is 1040 g/mol. The van der Waals surface area contributed by atoms with Crippen LogP contribution in [0.15, 0.2) is 189 Å². The number of ether oxygens (including phenoxy) is 1. The van der Waals surface area contributed by atoms with E-state index in [2.05, 4.69) is 113 Å². The summed E-state index contributed by atoms with van der Waals surface area (Å²) in [4.78, 5) is 13.1. The number of pyridine rings is 2. The van der Waals surface area contributed by atoms with Gasteiger partial charge in [0.2, 0.25) is 0 Å². The third-order valence-corrected chi connectivity index (χ3v) is 11.9. The molecule has 8 nitrogen and oxygen atoms in total. The third-order valence-electron chi connectivity index (χ3n) is 11.9. The molecule has 3 aliphatic heterocycles. The van der Waals surface area contributed by atoms with Gasteiger partial charge in [-0.3, -0.25) is 4.98 Å². The number of allylic oxidation sites excluding steroid dienone is 8. The van der Waals surface area contributed by atoms with Crippen molar-refractivity contribution in [2.45, 2.75) is 52.4 Å². The molecular formula is C59H52B2N7OPt-3. The van der Waals surface area contributed by atoms with Gasteiger partial charge < -0.3 is 29.7 Å². The average molecular weight is 1100 g/mol. The molecule has 0 aliphatic carbocycles. The van der Waals surface area contributed by atoms with Gasteiger partial charge in [-0.1, -0.05) is 114 Å². The zero-order valence-electron chi connectivity index (χ0n) is 45.6. The molecule has 0 spiro atoms. The van der Waals surface area contributed by atoms with Crippen LogP contribution in [0.25, 0.3) is 38.6 Å². The van der Waals surface area contributed by atoms with E-state index in [0.717, 1.165) is 50.3 Å². The van der Waals surface area contributed by atoms with Crippen LogP contribution in [0.1, 0.15) is 72.0 Å². The molecule has 2 N–H and O–H groups in total. The Kier molecular flexibility index (Phi) is 11.8. The van der Waals surface area contributed by atoms with Crippen molar-refractivity contribution in [1.29, 1.82) is 0 Å². The van der Waals surface area contributed by atoms with Gasteiger partial charge in [-0.05, 0) is 111 Å². The molecule has 2 radical (unpaired) electrons. The van der Waals surface area contributed by atoms with Crippen molar-refractivity contribution in [3.05, 3.63) is 230 Å². The van der Waals surface area contributed by atoms with E-state index in [4.69, 9.17) is 16.6 Å². The van der Waals surface area contributed by atoms with Crippen LogP contribution in [0.5, 0.6) is 11.6 Å². The Balaban J connectivity index is 0.00000706. The second-order valence-electron chi connectivity index (χ2n) is 18.7. The first-order valence-corrected chi connectivity index (χ1v) is 22.8. The van der Waals surface area contributed by atoms with Crippen molar-refractivity contribution in [3.8, 4) is 17.4 Å². The minimum atomic E-state index is -0.367. The van der Waals surface area contributed by atoms with Crippen LogP contribution in [0.4, 0.5) is 22.7 Å². The van der Waals surface area contributed by atoms with E-state index in [1.54, 1.807) is 22.9 Å². The van der Waals surface area contributed by atoms with E-state index in [-0.39, 0.29) is 91.1 Å². The summed E-state index contributed by atoms with van der Waals surface area (Å²) in [5.41, 5.74) is 8.71. The minimum Gasteiger partial charge on any atom is -0.503 e.